The zero-order valence-electron chi connectivity index (χ0n) is 10.2. The van der Waals surface area contributed by atoms with Crippen molar-refractivity contribution >= 4 is 29.2 Å². The third kappa shape index (κ3) is 3.65. The Morgan fingerprint density at radius 3 is 2.78 bits per heavy atom. The summed E-state index contributed by atoms with van der Waals surface area (Å²) in [6, 6.07) is 13.9. The van der Waals surface area contributed by atoms with Crippen molar-refractivity contribution in [2.75, 3.05) is 11.9 Å². The number of aromatic nitrogens is 1. The van der Waals surface area contributed by atoms with Crippen LogP contribution in [0.1, 0.15) is 12.5 Å². The molecule has 1 aromatic carbocycles. The first-order valence-corrected chi connectivity index (χ1v) is 7.23. The molecule has 0 amide bonds. The van der Waals surface area contributed by atoms with Gasteiger partial charge in [-0.2, -0.15) is 0 Å². The highest BCUT2D eigenvalue weighted by Crippen LogP contribution is 2.25. The van der Waals surface area contributed by atoms with E-state index in [1.807, 2.05) is 42.5 Å². The first kappa shape index (κ1) is 13.2. The summed E-state index contributed by atoms with van der Waals surface area (Å²) >= 11 is 7.82. The highest BCUT2D eigenvalue weighted by atomic mass is 35.5. The Bertz CT molecular complexity index is 517. The molecule has 94 valence electrons. The number of benzene rings is 1. The predicted octanol–water partition coefficient (Wildman–Crippen LogP) is 4.46. The Morgan fingerprint density at radius 1 is 1.17 bits per heavy atom. The van der Waals surface area contributed by atoms with E-state index < -0.39 is 0 Å². The highest BCUT2D eigenvalue weighted by molar-refractivity contribution is 7.98. The van der Waals surface area contributed by atoms with Crippen LogP contribution in [0, 0.1) is 0 Å². The molecule has 1 N–H and O–H groups in total. The molecule has 1 aromatic heterocycles. The first-order chi connectivity index (χ1) is 8.79. The van der Waals surface area contributed by atoms with Gasteiger partial charge < -0.3 is 5.32 Å². The first-order valence-electron chi connectivity index (χ1n) is 5.86. The molecule has 0 aliphatic heterocycles. The van der Waals surface area contributed by atoms with Gasteiger partial charge in [0.15, 0.2) is 0 Å². The van der Waals surface area contributed by atoms with E-state index in [9.17, 15) is 0 Å². The van der Waals surface area contributed by atoms with Crippen molar-refractivity contribution < 1.29 is 0 Å². The number of anilines is 1. The van der Waals surface area contributed by atoms with Gasteiger partial charge in [-0.3, -0.25) is 0 Å². The van der Waals surface area contributed by atoms with Crippen molar-refractivity contribution in [1.82, 2.24) is 4.98 Å². The molecule has 0 aliphatic carbocycles. The van der Waals surface area contributed by atoms with Crippen LogP contribution in [-0.2, 0) is 5.75 Å². The molecular formula is C14H15ClN2S. The summed E-state index contributed by atoms with van der Waals surface area (Å²) in [5, 5.41) is 5.03. The molecule has 4 heteroatoms. The lowest BCUT2D eigenvalue weighted by molar-refractivity contribution is 1.08. The third-order valence-electron chi connectivity index (χ3n) is 2.41. The van der Waals surface area contributed by atoms with Gasteiger partial charge >= 0.3 is 0 Å². The van der Waals surface area contributed by atoms with Crippen molar-refractivity contribution in [1.29, 1.82) is 0 Å². The van der Waals surface area contributed by atoms with Crippen molar-refractivity contribution in [2.45, 2.75) is 17.7 Å². The van der Waals surface area contributed by atoms with E-state index in [-0.39, 0.29) is 0 Å². The van der Waals surface area contributed by atoms with Gasteiger partial charge in [-0.05, 0) is 30.7 Å². The van der Waals surface area contributed by atoms with Crippen molar-refractivity contribution in [3.63, 3.8) is 0 Å². The third-order valence-corrected chi connectivity index (χ3v) is 3.76. The lowest BCUT2D eigenvalue weighted by Gasteiger charge is -2.06. The Balaban J connectivity index is 2.02. The number of halogens is 1. The zero-order valence-corrected chi connectivity index (χ0v) is 11.8. The van der Waals surface area contributed by atoms with Gasteiger partial charge in [-0.1, -0.05) is 35.9 Å². The maximum absolute atomic E-state index is 6.13. The molecule has 18 heavy (non-hydrogen) atoms. The largest absolute Gasteiger partial charge is 0.370 e. The van der Waals surface area contributed by atoms with Crippen LogP contribution in [0.2, 0.25) is 5.02 Å². The number of rotatable bonds is 5. The van der Waals surface area contributed by atoms with E-state index >= 15 is 0 Å². The number of hydrogen-bond donors (Lipinski definition) is 1. The fourth-order valence-corrected chi connectivity index (χ4v) is 2.72. The van der Waals surface area contributed by atoms with Crippen LogP contribution >= 0.6 is 23.4 Å². The SMILES string of the molecule is CCNc1cccc(SCc2ccccc2Cl)n1. The summed E-state index contributed by atoms with van der Waals surface area (Å²) in [5.74, 6) is 1.75. The summed E-state index contributed by atoms with van der Waals surface area (Å²) in [7, 11) is 0. The number of nitrogens with zero attached hydrogens (tertiary/aromatic N) is 1. The lowest BCUT2D eigenvalue weighted by Crippen LogP contribution is -1.99. The van der Waals surface area contributed by atoms with Crippen LogP contribution in [0.3, 0.4) is 0 Å². The molecule has 2 aromatic rings. The van der Waals surface area contributed by atoms with E-state index in [0.717, 1.165) is 33.7 Å². The second-order valence-electron chi connectivity index (χ2n) is 3.77. The van der Waals surface area contributed by atoms with Gasteiger partial charge in [0.2, 0.25) is 0 Å². The Morgan fingerprint density at radius 2 is 2.00 bits per heavy atom. The smallest absolute Gasteiger partial charge is 0.127 e. The molecular weight excluding hydrogens is 264 g/mol. The van der Waals surface area contributed by atoms with Gasteiger partial charge in [0.05, 0.1) is 5.03 Å². The summed E-state index contributed by atoms with van der Waals surface area (Å²) in [5.41, 5.74) is 1.14. The van der Waals surface area contributed by atoms with Crippen molar-refractivity contribution in [3.8, 4) is 0 Å². The summed E-state index contributed by atoms with van der Waals surface area (Å²) in [6.07, 6.45) is 0. The van der Waals surface area contributed by atoms with Crippen LogP contribution in [-0.4, -0.2) is 11.5 Å². The van der Waals surface area contributed by atoms with Crippen molar-refractivity contribution in [2.24, 2.45) is 0 Å². The van der Waals surface area contributed by atoms with Gasteiger partial charge in [0.1, 0.15) is 5.82 Å². The van der Waals surface area contributed by atoms with Gasteiger partial charge in [0, 0.05) is 17.3 Å². The van der Waals surface area contributed by atoms with E-state index in [2.05, 4.69) is 17.2 Å². The van der Waals surface area contributed by atoms with Crippen molar-refractivity contribution in [3.05, 3.63) is 53.1 Å². The second-order valence-corrected chi connectivity index (χ2v) is 5.17. The molecule has 0 bridgehead atoms. The molecule has 0 saturated carbocycles. The molecule has 0 fully saturated rings. The summed E-state index contributed by atoms with van der Waals surface area (Å²) < 4.78 is 0. The van der Waals surface area contributed by atoms with Gasteiger partial charge in [-0.25, -0.2) is 4.98 Å². The molecule has 0 radical (unpaired) electrons. The maximum atomic E-state index is 6.13. The minimum Gasteiger partial charge on any atom is -0.370 e. The molecule has 2 rings (SSSR count). The number of pyridine rings is 1. The number of thioether (sulfide) groups is 1. The minimum absolute atomic E-state index is 0.813. The monoisotopic (exact) mass is 278 g/mol. The topological polar surface area (TPSA) is 24.9 Å². The molecule has 2 nitrogen and oxygen atoms in total. The Hall–Kier alpha value is -1.19. The molecule has 0 aliphatic rings. The standard InChI is InChI=1S/C14H15ClN2S/c1-2-16-13-8-5-9-14(17-13)18-10-11-6-3-4-7-12(11)15/h3-9H,2,10H2,1H3,(H,16,17). The summed E-state index contributed by atoms with van der Waals surface area (Å²) in [4.78, 5) is 4.52. The number of nitrogens with one attached hydrogen (secondary N) is 1. The maximum Gasteiger partial charge on any atom is 0.127 e. The fraction of sp³-hybridized carbons (Fsp3) is 0.214. The van der Waals surface area contributed by atoms with Crippen LogP contribution in [0.15, 0.2) is 47.5 Å². The predicted molar refractivity (Wildman–Crippen MR) is 79.4 cm³/mol. The Kier molecular flexibility index (Phi) is 4.90. The fourth-order valence-electron chi connectivity index (χ4n) is 1.54. The average molecular weight is 279 g/mol. The molecule has 1 heterocycles. The van der Waals surface area contributed by atoms with Crippen LogP contribution in [0.4, 0.5) is 5.82 Å². The molecule has 0 atom stereocenters. The summed E-state index contributed by atoms with van der Waals surface area (Å²) in [6.45, 7) is 2.94. The molecule has 0 saturated heterocycles. The van der Waals surface area contributed by atoms with E-state index in [4.69, 9.17) is 11.6 Å². The van der Waals surface area contributed by atoms with E-state index in [1.165, 1.54) is 0 Å². The number of hydrogen-bond acceptors (Lipinski definition) is 3. The Labute approximate surface area is 117 Å². The normalized spacial score (nSPS) is 10.3. The minimum atomic E-state index is 0.813. The molecule has 0 unspecified atom stereocenters. The average Bonchev–Trinajstić information content (AvgIpc) is 2.39. The van der Waals surface area contributed by atoms with Crippen LogP contribution in [0.5, 0.6) is 0 Å². The zero-order chi connectivity index (χ0) is 12.8. The van der Waals surface area contributed by atoms with E-state index in [1.54, 1.807) is 11.8 Å². The van der Waals surface area contributed by atoms with Gasteiger partial charge in [0.25, 0.3) is 0 Å². The highest BCUT2D eigenvalue weighted by Gasteiger charge is 2.02. The second kappa shape index (κ2) is 6.66. The quantitative estimate of drug-likeness (QED) is 0.818. The van der Waals surface area contributed by atoms with Crippen LogP contribution in [0.25, 0.3) is 0 Å². The molecule has 0 spiro atoms. The lowest BCUT2D eigenvalue weighted by atomic mass is 10.2. The van der Waals surface area contributed by atoms with E-state index in [0.29, 0.717) is 0 Å². The van der Waals surface area contributed by atoms with Crippen LogP contribution < -0.4 is 5.32 Å². The van der Waals surface area contributed by atoms with Gasteiger partial charge in [-0.15, -0.1) is 11.8 Å².